The summed E-state index contributed by atoms with van der Waals surface area (Å²) in [6, 6.07) is 0. The molecular weight excluding hydrogens is 161 g/mol. The molecule has 1 heterocycles. The second-order valence-electron chi connectivity index (χ2n) is 3.14. The quantitative estimate of drug-likeness (QED) is 0.635. The fourth-order valence-electron chi connectivity index (χ4n) is 1.32. The molecule has 1 unspecified atom stereocenters. The van der Waals surface area contributed by atoms with E-state index in [1.54, 1.807) is 4.90 Å². The summed E-state index contributed by atoms with van der Waals surface area (Å²) in [6.45, 7) is 2.85. The van der Waals surface area contributed by atoms with E-state index in [1.165, 1.54) is 0 Å². The van der Waals surface area contributed by atoms with Gasteiger partial charge in [-0.15, -0.1) is 0 Å². The van der Waals surface area contributed by atoms with Crippen molar-refractivity contribution in [1.29, 1.82) is 0 Å². The van der Waals surface area contributed by atoms with Crippen molar-refractivity contribution >= 4 is 6.09 Å². The second-order valence-corrected chi connectivity index (χ2v) is 3.14. The molecule has 0 spiro atoms. The number of likely N-dealkylation sites (tertiary alicyclic amines) is 1. The third kappa shape index (κ3) is 2.36. The van der Waals surface area contributed by atoms with Crippen molar-refractivity contribution in [1.82, 2.24) is 4.90 Å². The van der Waals surface area contributed by atoms with Gasteiger partial charge in [-0.05, 0) is 12.3 Å². The van der Waals surface area contributed by atoms with Crippen LogP contribution in [0.25, 0.3) is 0 Å². The van der Waals surface area contributed by atoms with E-state index in [0.29, 0.717) is 5.92 Å². The highest BCUT2D eigenvalue weighted by molar-refractivity contribution is 5.67. The fourth-order valence-corrected chi connectivity index (χ4v) is 1.32. The Kier molecular flexibility index (Phi) is 3.31. The summed E-state index contributed by atoms with van der Waals surface area (Å²) >= 11 is 0. The van der Waals surface area contributed by atoms with Gasteiger partial charge in [0, 0.05) is 13.1 Å². The van der Waals surface area contributed by atoms with Crippen molar-refractivity contribution < 1.29 is 13.9 Å². The zero-order valence-electron chi connectivity index (χ0n) is 7.25. The minimum Gasteiger partial charge on any atom is -0.447 e. The average Bonchev–Trinajstić information content (AvgIpc) is 2.47. The summed E-state index contributed by atoms with van der Waals surface area (Å²) in [6.07, 6.45) is 0.641. The maximum Gasteiger partial charge on any atom is 0.409 e. The van der Waals surface area contributed by atoms with Crippen molar-refractivity contribution in [3.63, 3.8) is 0 Å². The Morgan fingerprint density at radius 1 is 1.75 bits per heavy atom. The minimum absolute atomic E-state index is 0.121. The van der Waals surface area contributed by atoms with Gasteiger partial charge in [-0.25, -0.2) is 9.18 Å². The molecule has 0 aliphatic carbocycles. The number of hydrogen-bond donors (Lipinski definition) is 0. The standard InChI is InChI=1S/C8H14FNO2/c1-7-2-4-10(6-7)8(11)12-5-3-9/h7H,2-6H2,1H3. The van der Waals surface area contributed by atoms with E-state index in [1.807, 2.05) is 0 Å². The molecule has 1 aliphatic heterocycles. The van der Waals surface area contributed by atoms with E-state index in [4.69, 9.17) is 0 Å². The van der Waals surface area contributed by atoms with Gasteiger partial charge in [-0.3, -0.25) is 0 Å². The minimum atomic E-state index is -0.602. The molecule has 1 atom stereocenters. The van der Waals surface area contributed by atoms with E-state index < -0.39 is 6.67 Å². The Hall–Kier alpha value is -0.800. The molecule has 1 fully saturated rings. The smallest absolute Gasteiger partial charge is 0.409 e. The molecule has 70 valence electrons. The van der Waals surface area contributed by atoms with Crippen molar-refractivity contribution in [2.24, 2.45) is 5.92 Å². The molecule has 0 N–H and O–H groups in total. The Bertz CT molecular complexity index is 163. The molecule has 1 rings (SSSR count). The van der Waals surface area contributed by atoms with Crippen molar-refractivity contribution in [3.8, 4) is 0 Å². The van der Waals surface area contributed by atoms with Gasteiger partial charge < -0.3 is 9.64 Å². The van der Waals surface area contributed by atoms with Crippen LogP contribution in [0.2, 0.25) is 0 Å². The van der Waals surface area contributed by atoms with E-state index in [9.17, 15) is 9.18 Å². The van der Waals surface area contributed by atoms with Gasteiger partial charge in [0.1, 0.15) is 13.3 Å². The van der Waals surface area contributed by atoms with Crippen LogP contribution in [0.5, 0.6) is 0 Å². The summed E-state index contributed by atoms with van der Waals surface area (Å²) in [7, 11) is 0. The van der Waals surface area contributed by atoms with Gasteiger partial charge in [0.25, 0.3) is 0 Å². The van der Waals surface area contributed by atoms with Crippen LogP contribution in [-0.2, 0) is 4.74 Å². The molecule has 4 heteroatoms. The molecule has 0 saturated carbocycles. The van der Waals surface area contributed by atoms with Crippen LogP contribution in [0.4, 0.5) is 9.18 Å². The lowest BCUT2D eigenvalue weighted by molar-refractivity contribution is 0.103. The molecule has 0 aromatic rings. The lowest BCUT2D eigenvalue weighted by Gasteiger charge is -2.14. The van der Waals surface area contributed by atoms with Gasteiger partial charge in [-0.1, -0.05) is 6.92 Å². The summed E-state index contributed by atoms with van der Waals surface area (Å²) in [4.78, 5) is 12.7. The Morgan fingerprint density at radius 2 is 2.50 bits per heavy atom. The summed E-state index contributed by atoms with van der Waals surface area (Å²) < 4.78 is 16.3. The molecule has 0 bridgehead atoms. The SMILES string of the molecule is CC1CCN(C(=O)OCCF)C1. The largest absolute Gasteiger partial charge is 0.447 e. The Balaban J connectivity index is 2.23. The number of amides is 1. The predicted molar refractivity (Wildman–Crippen MR) is 42.7 cm³/mol. The van der Waals surface area contributed by atoms with Gasteiger partial charge >= 0.3 is 6.09 Å². The van der Waals surface area contributed by atoms with E-state index in [0.717, 1.165) is 19.5 Å². The van der Waals surface area contributed by atoms with E-state index >= 15 is 0 Å². The molecule has 3 nitrogen and oxygen atoms in total. The maximum absolute atomic E-state index is 11.6. The number of hydrogen-bond acceptors (Lipinski definition) is 2. The summed E-state index contributed by atoms with van der Waals surface area (Å²) in [5, 5.41) is 0. The first-order chi connectivity index (χ1) is 5.74. The molecule has 1 amide bonds. The van der Waals surface area contributed by atoms with Gasteiger partial charge in [0.2, 0.25) is 0 Å². The van der Waals surface area contributed by atoms with Crippen molar-refractivity contribution in [3.05, 3.63) is 0 Å². The first-order valence-corrected chi connectivity index (χ1v) is 4.21. The monoisotopic (exact) mass is 175 g/mol. The molecule has 0 aromatic heterocycles. The second kappa shape index (κ2) is 4.28. The zero-order chi connectivity index (χ0) is 8.97. The molecule has 0 aromatic carbocycles. The van der Waals surface area contributed by atoms with E-state index in [2.05, 4.69) is 11.7 Å². The normalized spacial score (nSPS) is 22.8. The topological polar surface area (TPSA) is 29.5 Å². The molecule has 1 aliphatic rings. The van der Waals surface area contributed by atoms with Crippen LogP contribution in [0.3, 0.4) is 0 Å². The lowest BCUT2D eigenvalue weighted by Crippen LogP contribution is -2.29. The fraction of sp³-hybridized carbons (Fsp3) is 0.875. The van der Waals surface area contributed by atoms with Crippen LogP contribution < -0.4 is 0 Å². The number of halogens is 1. The number of carbonyl (C=O) groups excluding carboxylic acids is 1. The molecule has 12 heavy (non-hydrogen) atoms. The third-order valence-corrected chi connectivity index (χ3v) is 1.98. The Labute approximate surface area is 71.5 Å². The van der Waals surface area contributed by atoms with Gasteiger partial charge in [-0.2, -0.15) is 0 Å². The highest BCUT2D eigenvalue weighted by atomic mass is 19.1. The summed E-state index contributed by atoms with van der Waals surface area (Å²) in [5.41, 5.74) is 0. The van der Waals surface area contributed by atoms with Crippen LogP contribution >= 0.6 is 0 Å². The van der Waals surface area contributed by atoms with Gasteiger partial charge in [0.05, 0.1) is 0 Å². The van der Waals surface area contributed by atoms with Crippen molar-refractivity contribution in [2.75, 3.05) is 26.4 Å². The van der Waals surface area contributed by atoms with Crippen molar-refractivity contribution in [2.45, 2.75) is 13.3 Å². The van der Waals surface area contributed by atoms with E-state index in [-0.39, 0.29) is 12.7 Å². The number of alkyl halides is 1. The first kappa shape index (κ1) is 9.29. The zero-order valence-corrected chi connectivity index (χ0v) is 7.25. The highest BCUT2D eigenvalue weighted by Gasteiger charge is 2.23. The highest BCUT2D eigenvalue weighted by Crippen LogP contribution is 2.15. The first-order valence-electron chi connectivity index (χ1n) is 4.21. The molecular formula is C8H14FNO2. The maximum atomic E-state index is 11.6. The number of ether oxygens (including phenoxy) is 1. The third-order valence-electron chi connectivity index (χ3n) is 1.98. The molecule has 0 radical (unpaired) electrons. The van der Waals surface area contributed by atoms with Crippen LogP contribution in [0, 0.1) is 5.92 Å². The summed E-state index contributed by atoms with van der Waals surface area (Å²) in [5.74, 6) is 0.544. The number of rotatable bonds is 2. The lowest BCUT2D eigenvalue weighted by atomic mass is 10.2. The average molecular weight is 175 g/mol. The number of nitrogens with zero attached hydrogens (tertiary/aromatic N) is 1. The van der Waals surface area contributed by atoms with Gasteiger partial charge in [0.15, 0.2) is 0 Å². The Morgan fingerprint density at radius 3 is 3.00 bits per heavy atom. The van der Waals surface area contributed by atoms with Crippen LogP contribution in [0.1, 0.15) is 13.3 Å². The molecule has 1 saturated heterocycles. The van der Waals surface area contributed by atoms with Crippen LogP contribution in [-0.4, -0.2) is 37.4 Å². The number of carbonyl (C=O) groups is 1. The van der Waals surface area contributed by atoms with Crippen LogP contribution in [0.15, 0.2) is 0 Å². The predicted octanol–water partition coefficient (Wildman–Crippen LogP) is 1.43.